The molecule has 2 rings (SSSR count). The Bertz CT molecular complexity index is 702. The first-order chi connectivity index (χ1) is 10.3. The quantitative estimate of drug-likeness (QED) is 0.736. The maximum atomic E-state index is 12.3. The molecule has 0 amide bonds. The average Bonchev–Trinajstić information content (AvgIpc) is 2.48. The van der Waals surface area contributed by atoms with Gasteiger partial charge in [-0.2, -0.15) is 5.10 Å². The maximum absolute atomic E-state index is 12.3. The van der Waals surface area contributed by atoms with Gasteiger partial charge >= 0.3 is 0 Å². The third kappa shape index (κ3) is 3.99. The lowest BCUT2D eigenvalue weighted by Gasteiger charge is -2.21. The number of benzene rings is 1. The highest BCUT2D eigenvalue weighted by molar-refractivity contribution is 9.08. The van der Waals surface area contributed by atoms with Crippen molar-refractivity contribution < 1.29 is 0 Å². The molecule has 118 valence electrons. The SMILES string of the molecule is CC(C)(C)n1ncc(CCc2ccc(CBr)cc2)c(Cl)c1=O. The van der Waals surface area contributed by atoms with Crippen LogP contribution in [0.1, 0.15) is 37.5 Å². The molecule has 1 aromatic carbocycles. The lowest BCUT2D eigenvalue weighted by Crippen LogP contribution is -2.36. The molecule has 1 heterocycles. The molecule has 0 spiro atoms. The van der Waals surface area contributed by atoms with Gasteiger partial charge in [-0.25, -0.2) is 4.68 Å². The Morgan fingerprint density at radius 3 is 2.27 bits per heavy atom. The molecular weight excluding hydrogens is 364 g/mol. The second-order valence-corrected chi connectivity index (χ2v) is 7.26. The van der Waals surface area contributed by atoms with Crippen LogP contribution >= 0.6 is 27.5 Å². The molecule has 0 aliphatic carbocycles. The molecule has 2 aromatic rings. The van der Waals surface area contributed by atoms with Crippen LogP contribution in [-0.2, 0) is 23.7 Å². The minimum absolute atomic E-state index is 0.221. The summed E-state index contributed by atoms with van der Waals surface area (Å²) in [6.07, 6.45) is 3.25. The van der Waals surface area contributed by atoms with Gasteiger partial charge in [0, 0.05) is 5.33 Å². The summed E-state index contributed by atoms with van der Waals surface area (Å²) in [4.78, 5) is 12.3. The van der Waals surface area contributed by atoms with E-state index in [0.717, 1.165) is 17.3 Å². The number of nitrogens with zero attached hydrogens (tertiary/aromatic N) is 2. The van der Waals surface area contributed by atoms with E-state index in [4.69, 9.17) is 11.6 Å². The van der Waals surface area contributed by atoms with Gasteiger partial charge < -0.3 is 0 Å². The van der Waals surface area contributed by atoms with Crippen molar-refractivity contribution in [1.82, 2.24) is 9.78 Å². The third-order valence-electron chi connectivity index (χ3n) is 3.49. The normalized spacial score (nSPS) is 11.7. The molecule has 0 radical (unpaired) electrons. The van der Waals surface area contributed by atoms with Gasteiger partial charge in [0.15, 0.2) is 0 Å². The van der Waals surface area contributed by atoms with Gasteiger partial charge in [-0.1, -0.05) is 51.8 Å². The molecule has 0 saturated carbocycles. The van der Waals surface area contributed by atoms with Gasteiger partial charge in [-0.15, -0.1) is 0 Å². The minimum Gasteiger partial charge on any atom is -0.266 e. The van der Waals surface area contributed by atoms with Crippen molar-refractivity contribution in [1.29, 1.82) is 0 Å². The van der Waals surface area contributed by atoms with E-state index >= 15 is 0 Å². The van der Waals surface area contributed by atoms with Crippen LogP contribution in [0.5, 0.6) is 0 Å². The Hall–Kier alpha value is -1.13. The third-order valence-corrected chi connectivity index (χ3v) is 4.54. The van der Waals surface area contributed by atoms with Gasteiger partial charge in [0.2, 0.25) is 0 Å². The predicted molar refractivity (Wildman–Crippen MR) is 95.0 cm³/mol. The summed E-state index contributed by atoms with van der Waals surface area (Å²) in [7, 11) is 0. The van der Waals surface area contributed by atoms with E-state index in [1.807, 2.05) is 20.8 Å². The lowest BCUT2D eigenvalue weighted by molar-refractivity contribution is 0.337. The standard InChI is InChI=1S/C17H20BrClN2O/c1-17(2,3)21-16(22)15(19)14(11-20-21)9-8-12-4-6-13(10-18)7-5-12/h4-7,11H,8-10H2,1-3H3. The van der Waals surface area contributed by atoms with E-state index in [-0.39, 0.29) is 16.1 Å². The van der Waals surface area contributed by atoms with Crippen LogP contribution in [0.25, 0.3) is 0 Å². The molecule has 5 heteroatoms. The van der Waals surface area contributed by atoms with E-state index in [9.17, 15) is 4.79 Å². The summed E-state index contributed by atoms with van der Waals surface area (Å²) in [5, 5.41) is 5.40. The van der Waals surface area contributed by atoms with E-state index in [1.165, 1.54) is 15.8 Å². The second-order valence-electron chi connectivity index (χ2n) is 6.32. The fourth-order valence-electron chi connectivity index (χ4n) is 2.19. The Labute approximate surface area is 144 Å². The van der Waals surface area contributed by atoms with E-state index in [0.29, 0.717) is 6.42 Å². The average molecular weight is 384 g/mol. The molecule has 0 fully saturated rings. The molecule has 0 aliphatic rings. The van der Waals surface area contributed by atoms with Crippen molar-refractivity contribution in [2.45, 2.75) is 44.5 Å². The Morgan fingerprint density at radius 2 is 1.73 bits per heavy atom. The lowest BCUT2D eigenvalue weighted by atomic mass is 10.0. The Balaban J connectivity index is 2.16. The second kappa shape index (κ2) is 6.97. The molecule has 22 heavy (non-hydrogen) atoms. The van der Waals surface area contributed by atoms with Crippen LogP contribution < -0.4 is 5.56 Å². The van der Waals surface area contributed by atoms with E-state index < -0.39 is 0 Å². The van der Waals surface area contributed by atoms with Crippen LogP contribution in [0.2, 0.25) is 5.02 Å². The highest BCUT2D eigenvalue weighted by atomic mass is 79.9. The highest BCUT2D eigenvalue weighted by Crippen LogP contribution is 2.17. The van der Waals surface area contributed by atoms with Crippen LogP contribution in [0.15, 0.2) is 35.3 Å². The zero-order valence-electron chi connectivity index (χ0n) is 13.1. The molecule has 0 saturated heterocycles. The van der Waals surface area contributed by atoms with Gasteiger partial charge in [-0.3, -0.25) is 4.79 Å². The predicted octanol–water partition coefficient (Wildman–Crippen LogP) is 4.33. The number of aromatic nitrogens is 2. The molecule has 0 bridgehead atoms. The van der Waals surface area contributed by atoms with Crippen molar-refractivity contribution in [2.24, 2.45) is 0 Å². The topological polar surface area (TPSA) is 34.9 Å². The Kier molecular flexibility index (Phi) is 5.45. The zero-order valence-corrected chi connectivity index (χ0v) is 15.4. The summed E-state index contributed by atoms with van der Waals surface area (Å²) in [6, 6.07) is 8.41. The molecule has 0 atom stereocenters. The van der Waals surface area contributed by atoms with Crippen LogP contribution in [-0.4, -0.2) is 9.78 Å². The van der Waals surface area contributed by atoms with Crippen molar-refractivity contribution in [3.8, 4) is 0 Å². The minimum atomic E-state index is -0.370. The van der Waals surface area contributed by atoms with Crippen LogP contribution in [0.4, 0.5) is 0 Å². The number of hydrogen-bond donors (Lipinski definition) is 0. The van der Waals surface area contributed by atoms with Crippen molar-refractivity contribution in [3.05, 3.63) is 62.5 Å². The largest absolute Gasteiger partial charge is 0.286 e. The summed E-state index contributed by atoms with van der Waals surface area (Å²) in [5.41, 5.74) is 2.68. The number of halogens is 2. The first kappa shape index (κ1) is 17.2. The Morgan fingerprint density at radius 1 is 1.14 bits per heavy atom. The van der Waals surface area contributed by atoms with Gasteiger partial charge in [0.1, 0.15) is 5.02 Å². The zero-order chi connectivity index (χ0) is 16.3. The van der Waals surface area contributed by atoms with Gasteiger partial charge in [0.25, 0.3) is 5.56 Å². The van der Waals surface area contributed by atoms with E-state index in [1.54, 1.807) is 6.20 Å². The highest BCUT2D eigenvalue weighted by Gasteiger charge is 2.19. The molecule has 3 nitrogen and oxygen atoms in total. The van der Waals surface area contributed by atoms with Crippen molar-refractivity contribution in [2.75, 3.05) is 0 Å². The molecule has 0 aliphatic heterocycles. The summed E-state index contributed by atoms with van der Waals surface area (Å²) in [6.45, 7) is 5.80. The summed E-state index contributed by atoms with van der Waals surface area (Å²) >= 11 is 9.67. The maximum Gasteiger partial charge on any atom is 0.286 e. The van der Waals surface area contributed by atoms with Crippen molar-refractivity contribution in [3.63, 3.8) is 0 Å². The number of aryl methyl sites for hydroxylation is 2. The monoisotopic (exact) mass is 382 g/mol. The first-order valence-electron chi connectivity index (χ1n) is 7.24. The fraction of sp³-hybridized carbons (Fsp3) is 0.412. The molecule has 0 N–H and O–H groups in total. The molecule has 0 unspecified atom stereocenters. The fourth-order valence-corrected chi connectivity index (χ4v) is 2.79. The van der Waals surface area contributed by atoms with Gasteiger partial charge in [0.05, 0.1) is 11.7 Å². The first-order valence-corrected chi connectivity index (χ1v) is 8.74. The van der Waals surface area contributed by atoms with Crippen LogP contribution in [0.3, 0.4) is 0 Å². The smallest absolute Gasteiger partial charge is 0.266 e. The molecular formula is C17H20BrClN2O. The van der Waals surface area contributed by atoms with Crippen molar-refractivity contribution >= 4 is 27.5 Å². The number of alkyl halides is 1. The van der Waals surface area contributed by atoms with Crippen LogP contribution in [0, 0.1) is 0 Å². The molecule has 1 aromatic heterocycles. The van der Waals surface area contributed by atoms with E-state index in [2.05, 4.69) is 45.3 Å². The summed E-state index contributed by atoms with van der Waals surface area (Å²) < 4.78 is 1.43. The summed E-state index contributed by atoms with van der Waals surface area (Å²) in [5.74, 6) is 0. The van der Waals surface area contributed by atoms with Gasteiger partial charge in [-0.05, 0) is 50.3 Å². The number of rotatable bonds is 4. The number of hydrogen-bond acceptors (Lipinski definition) is 2.